The summed E-state index contributed by atoms with van der Waals surface area (Å²) in [6.07, 6.45) is 4.35. The summed E-state index contributed by atoms with van der Waals surface area (Å²) < 4.78 is 10.8. The van der Waals surface area contributed by atoms with E-state index in [1.165, 1.54) is 7.11 Å². The molecular weight excluding hydrogens is 360 g/mol. The molecule has 1 aromatic rings. The first-order chi connectivity index (χ1) is 11.1. The van der Waals surface area contributed by atoms with Gasteiger partial charge in [-0.2, -0.15) is 10.2 Å². The Morgan fingerprint density at radius 3 is 2.61 bits per heavy atom. The summed E-state index contributed by atoms with van der Waals surface area (Å²) in [6, 6.07) is 7.81. The van der Waals surface area contributed by atoms with E-state index in [1.807, 2.05) is 30.3 Å². The van der Waals surface area contributed by atoms with Gasteiger partial charge >= 0.3 is 5.97 Å². The van der Waals surface area contributed by atoms with Crippen molar-refractivity contribution in [2.45, 2.75) is 6.42 Å². The first-order valence-electron chi connectivity index (χ1n) is 7.07. The highest BCUT2D eigenvalue weighted by Gasteiger charge is 2.34. The summed E-state index contributed by atoms with van der Waals surface area (Å²) in [4.78, 5) is 11.9. The van der Waals surface area contributed by atoms with Crippen molar-refractivity contribution in [3.8, 4) is 5.75 Å². The molecule has 118 valence electrons. The summed E-state index contributed by atoms with van der Waals surface area (Å²) >= 11 is 3.44. The monoisotopic (exact) mass is 374 g/mol. The summed E-state index contributed by atoms with van der Waals surface area (Å²) in [7, 11) is 3.01. The third-order valence-corrected chi connectivity index (χ3v) is 4.25. The van der Waals surface area contributed by atoms with Crippen molar-refractivity contribution in [3.05, 3.63) is 52.0 Å². The van der Waals surface area contributed by atoms with Crippen molar-refractivity contribution < 1.29 is 14.3 Å². The SMILES string of the molecule is COC(=O)C1C=C(Br)C=C2C(Cc3ccc(OC)cc3)=NN=C21. The fourth-order valence-corrected chi connectivity index (χ4v) is 3.05. The Labute approximate surface area is 142 Å². The highest BCUT2D eigenvalue weighted by molar-refractivity contribution is 9.11. The van der Waals surface area contributed by atoms with Gasteiger partial charge in [-0.1, -0.05) is 34.1 Å². The van der Waals surface area contributed by atoms with Gasteiger partial charge in [0.1, 0.15) is 11.7 Å². The van der Waals surface area contributed by atoms with Gasteiger partial charge in [-0.3, -0.25) is 4.79 Å². The first-order valence-corrected chi connectivity index (χ1v) is 7.86. The molecule has 1 unspecified atom stereocenters. The number of fused-ring (bicyclic) bond motifs is 1. The smallest absolute Gasteiger partial charge is 0.318 e. The molecular formula is C17H15BrN2O3. The molecule has 23 heavy (non-hydrogen) atoms. The van der Waals surface area contributed by atoms with Gasteiger partial charge in [0.05, 0.1) is 25.6 Å². The maximum atomic E-state index is 11.9. The lowest BCUT2D eigenvalue weighted by Crippen LogP contribution is -2.28. The molecule has 5 nitrogen and oxygen atoms in total. The van der Waals surface area contributed by atoms with Crippen LogP contribution in [0.2, 0.25) is 0 Å². The lowest BCUT2D eigenvalue weighted by Gasteiger charge is -2.17. The summed E-state index contributed by atoms with van der Waals surface area (Å²) in [6.45, 7) is 0. The molecule has 0 fully saturated rings. The Bertz CT molecular complexity index is 761. The zero-order valence-corrected chi connectivity index (χ0v) is 14.3. The minimum absolute atomic E-state index is 0.341. The Morgan fingerprint density at radius 2 is 1.96 bits per heavy atom. The van der Waals surface area contributed by atoms with E-state index in [2.05, 4.69) is 26.1 Å². The minimum atomic E-state index is -0.522. The molecule has 1 aliphatic heterocycles. The lowest BCUT2D eigenvalue weighted by atomic mass is 9.88. The zero-order chi connectivity index (χ0) is 16.4. The molecule has 0 saturated carbocycles. The number of ether oxygens (including phenoxy) is 2. The highest BCUT2D eigenvalue weighted by Crippen LogP contribution is 2.30. The van der Waals surface area contributed by atoms with Crippen LogP contribution < -0.4 is 4.74 Å². The number of hydrogen-bond donors (Lipinski definition) is 0. The molecule has 0 N–H and O–H groups in total. The maximum Gasteiger partial charge on any atom is 0.318 e. The van der Waals surface area contributed by atoms with Crippen molar-refractivity contribution in [1.29, 1.82) is 0 Å². The number of nitrogens with zero attached hydrogens (tertiary/aromatic N) is 2. The number of carbonyl (C=O) groups excluding carboxylic acids is 1. The molecule has 2 aliphatic rings. The number of carbonyl (C=O) groups is 1. The fraction of sp³-hybridized carbons (Fsp3) is 0.235. The van der Waals surface area contributed by atoms with Gasteiger partial charge in [-0.05, 0) is 23.8 Å². The number of benzene rings is 1. The summed E-state index contributed by atoms with van der Waals surface area (Å²) in [5, 5.41) is 8.46. The second-order valence-corrected chi connectivity index (χ2v) is 6.08. The predicted octanol–water partition coefficient (Wildman–Crippen LogP) is 3.06. The van der Waals surface area contributed by atoms with Crippen molar-refractivity contribution in [2.75, 3.05) is 14.2 Å². The molecule has 0 bridgehead atoms. The van der Waals surface area contributed by atoms with Crippen LogP contribution >= 0.6 is 15.9 Å². The second kappa shape index (κ2) is 6.50. The predicted molar refractivity (Wildman–Crippen MR) is 92.2 cm³/mol. The molecule has 6 heteroatoms. The summed E-state index contributed by atoms with van der Waals surface area (Å²) in [5.74, 6) is -0.0499. The van der Waals surface area contributed by atoms with Gasteiger partial charge in [-0.25, -0.2) is 0 Å². The van der Waals surface area contributed by atoms with Crippen LogP contribution in [0.1, 0.15) is 5.56 Å². The van der Waals surface area contributed by atoms with E-state index in [4.69, 9.17) is 9.47 Å². The molecule has 0 radical (unpaired) electrons. The minimum Gasteiger partial charge on any atom is -0.497 e. The fourth-order valence-electron chi connectivity index (χ4n) is 2.55. The van der Waals surface area contributed by atoms with E-state index >= 15 is 0 Å². The van der Waals surface area contributed by atoms with Gasteiger partial charge in [0, 0.05) is 16.5 Å². The Kier molecular flexibility index (Phi) is 4.43. The quantitative estimate of drug-likeness (QED) is 0.760. The molecule has 0 aromatic heterocycles. The van der Waals surface area contributed by atoms with Crippen LogP contribution in [0, 0.1) is 5.92 Å². The van der Waals surface area contributed by atoms with Crippen LogP contribution in [0.25, 0.3) is 0 Å². The lowest BCUT2D eigenvalue weighted by molar-refractivity contribution is -0.141. The standard InChI is InChI=1S/C17H15BrN2O3/c1-22-12-5-3-10(4-6-12)7-15-13-8-11(18)9-14(17(21)23-2)16(13)20-19-15/h3-6,8-9,14H,7H2,1-2H3. The molecule has 1 atom stereocenters. The van der Waals surface area contributed by atoms with Gasteiger partial charge < -0.3 is 9.47 Å². The average molecular weight is 375 g/mol. The number of methoxy groups -OCH3 is 2. The second-order valence-electron chi connectivity index (χ2n) is 5.17. The van der Waals surface area contributed by atoms with Crippen molar-refractivity contribution in [1.82, 2.24) is 0 Å². The van der Waals surface area contributed by atoms with Gasteiger partial charge in [0.25, 0.3) is 0 Å². The third-order valence-electron chi connectivity index (χ3n) is 3.75. The van der Waals surface area contributed by atoms with Crippen molar-refractivity contribution >= 4 is 33.3 Å². The van der Waals surface area contributed by atoms with Crippen LogP contribution in [0.15, 0.2) is 56.7 Å². The molecule has 0 amide bonds. The van der Waals surface area contributed by atoms with Crippen LogP contribution in [0.4, 0.5) is 0 Å². The third kappa shape index (κ3) is 3.12. The normalized spacial score (nSPS) is 19.2. The number of allylic oxidation sites excluding steroid dienone is 3. The average Bonchev–Trinajstić information content (AvgIpc) is 2.96. The Morgan fingerprint density at radius 1 is 1.22 bits per heavy atom. The summed E-state index contributed by atoms with van der Waals surface area (Å²) in [5.41, 5.74) is 3.46. The molecule has 3 rings (SSSR count). The van der Waals surface area contributed by atoms with E-state index < -0.39 is 5.92 Å². The van der Waals surface area contributed by atoms with Gasteiger partial charge in [0.2, 0.25) is 0 Å². The number of esters is 1. The Hall–Kier alpha value is -2.21. The van der Waals surface area contributed by atoms with E-state index in [9.17, 15) is 4.79 Å². The first kappa shape index (κ1) is 15.7. The van der Waals surface area contributed by atoms with Gasteiger partial charge in [0.15, 0.2) is 0 Å². The Balaban J connectivity index is 1.82. The van der Waals surface area contributed by atoms with E-state index in [0.717, 1.165) is 27.1 Å². The van der Waals surface area contributed by atoms with Crippen molar-refractivity contribution in [3.63, 3.8) is 0 Å². The molecule has 0 spiro atoms. The molecule has 1 aliphatic carbocycles. The van der Waals surface area contributed by atoms with E-state index in [0.29, 0.717) is 12.1 Å². The molecule has 1 heterocycles. The van der Waals surface area contributed by atoms with Crippen LogP contribution in [0.5, 0.6) is 5.75 Å². The highest BCUT2D eigenvalue weighted by atomic mass is 79.9. The maximum absolute atomic E-state index is 11.9. The van der Waals surface area contributed by atoms with Crippen LogP contribution in [-0.4, -0.2) is 31.6 Å². The zero-order valence-electron chi connectivity index (χ0n) is 12.7. The van der Waals surface area contributed by atoms with Crippen LogP contribution in [-0.2, 0) is 16.0 Å². The topological polar surface area (TPSA) is 60.2 Å². The van der Waals surface area contributed by atoms with E-state index in [-0.39, 0.29) is 5.97 Å². The van der Waals surface area contributed by atoms with Gasteiger partial charge in [-0.15, -0.1) is 0 Å². The molecule has 0 saturated heterocycles. The van der Waals surface area contributed by atoms with Crippen LogP contribution in [0.3, 0.4) is 0 Å². The molecule has 1 aromatic carbocycles. The number of hydrogen-bond acceptors (Lipinski definition) is 5. The van der Waals surface area contributed by atoms with Crippen molar-refractivity contribution in [2.24, 2.45) is 16.1 Å². The number of halogens is 1. The number of rotatable bonds is 4. The van der Waals surface area contributed by atoms with E-state index in [1.54, 1.807) is 13.2 Å². The largest absolute Gasteiger partial charge is 0.497 e.